The number of nitrogens with two attached hydrogens (primary N) is 3. The maximum atomic E-state index is 10.2. The molecule has 0 bridgehead atoms. The third-order valence-electron chi connectivity index (χ3n) is 2.06. The average molecular weight is 281 g/mol. The van der Waals surface area contributed by atoms with Crippen molar-refractivity contribution in [2.24, 2.45) is 17.2 Å². The zero-order valence-corrected chi connectivity index (χ0v) is 11.6. The summed E-state index contributed by atoms with van der Waals surface area (Å²) in [6, 6.07) is -1.64. The Bertz CT molecular complexity index is 268. The Kier molecular flexibility index (Phi) is 9.91. The minimum absolute atomic E-state index is 0.464. The van der Waals surface area contributed by atoms with E-state index in [0.717, 1.165) is 0 Å². The van der Waals surface area contributed by atoms with Gasteiger partial charge in [-0.1, -0.05) is 0 Å². The summed E-state index contributed by atoms with van der Waals surface area (Å²) < 4.78 is -0.647. The van der Waals surface area contributed by atoms with E-state index in [4.69, 9.17) is 27.4 Å². The van der Waals surface area contributed by atoms with Gasteiger partial charge in [-0.05, 0) is 33.2 Å². The molecule has 0 amide bonds. The van der Waals surface area contributed by atoms with Gasteiger partial charge in [0, 0.05) is 4.75 Å². The van der Waals surface area contributed by atoms with Crippen LogP contribution in [0.1, 0.15) is 26.7 Å². The Morgan fingerprint density at radius 2 is 1.67 bits per heavy atom. The van der Waals surface area contributed by atoms with Gasteiger partial charge >= 0.3 is 11.9 Å². The summed E-state index contributed by atoms with van der Waals surface area (Å²) in [6.07, 6.45) is 1.14. The number of carbonyl (C=O) groups is 2. The number of aliphatic carboxylic acids is 2. The van der Waals surface area contributed by atoms with Gasteiger partial charge in [-0.15, -0.1) is 0 Å². The van der Waals surface area contributed by atoms with E-state index >= 15 is 0 Å². The fourth-order valence-electron chi connectivity index (χ4n) is 0.763. The second kappa shape index (κ2) is 9.15. The van der Waals surface area contributed by atoms with Gasteiger partial charge in [0.1, 0.15) is 12.1 Å². The number of carboxylic acids is 2. The lowest BCUT2D eigenvalue weighted by atomic mass is 10.1. The molecule has 0 aliphatic heterocycles. The Balaban J connectivity index is 0. The molecule has 0 radical (unpaired) electrons. The highest BCUT2D eigenvalue weighted by molar-refractivity contribution is 7.81. The summed E-state index contributed by atoms with van der Waals surface area (Å²) in [6.45, 7) is 3.82. The molecule has 0 aromatic rings. The van der Waals surface area contributed by atoms with Crippen LogP contribution in [0.3, 0.4) is 0 Å². The van der Waals surface area contributed by atoms with Gasteiger partial charge in [0.2, 0.25) is 0 Å². The topological polar surface area (TPSA) is 153 Å². The van der Waals surface area contributed by atoms with Gasteiger partial charge in [-0.25, -0.2) is 0 Å². The van der Waals surface area contributed by atoms with E-state index in [1.54, 1.807) is 13.8 Å². The fraction of sp³-hybridized carbons (Fsp3) is 0.800. The number of thiol groups is 1. The molecule has 0 saturated carbocycles. The number of hydrogen-bond donors (Lipinski definition) is 6. The molecule has 0 aliphatic carbocycles. The van der Waals surface area contributed by atoms with Crippen LogP contribution in [0.4, 0.5) is 0 Å². The van der Waals surface area contributed by atoms with Gasteiger partial charge in [-0.2, -0.15) is 12.6 Å². The van der Waals surface area contributed by atoms with Crippen LogP contribution in [0.25, 0.3) is 0 Å². The molecule has 0 rings (SSSR count). The molecule has 0 aromatic carbocycles. The van der Waals surface area contributed by atoms with Gasteiger partial charge in [-0.3, -0.25) is 9.59 Å². The predicted octanol–water partition coefficient (Wildman–Crippen LogP) is -0.756. The van der Waals surface area contributed by atoms with E-state index < -0.39 is 28.8 Å². The summed E-state index contributed by atoms with van der Waals surface area (Å²) in [7, 11) is 0. The molecule has 8 N–H and O–H groups in total. The van der Waals surface area contributed by atoms with Crippen LogP contribution >= 0.6 is 12.6 Å². The lowest BCUT2D eigenvalue weighted by Crippen LogP contribution is -2.45. The zero-order chi connectivity index (χ0) is 14.9. The summed E-state index contributed by atoms with van der Waals surface area (Å²) in [5.41, 5.74) is 15.5. The van der Waals surface area contributed by atoms with Crippen molar-refractivity contribution in [1.29, 1.82) is 0 Å². The van der Waals surface area contributed by atoms with Crippen LogP contribution in [-0.4, -0.2) is 45.5 Å². The minimum atomic E-state index is -1.02. The first-order chi connectivity index (χ1) is 8.03. The molecule has 0 spiro atoms. The number of hydrogen-bond acceptors (Lipinski definition) is 6. The molecule has 2 atom stereocenters. The lowest BCUT2D eigenvalue weighted by Gasteiger charge is -2.21. The van der Waals surface area contributed by atoms with Gasteiger partial charge in [0.15, 0.2) is 0 Å². The standard InChI is InChI=1S/C5H12N2O2.C5H11NO2S/c6-3-1-2-4(7)5(8)9;1-5(2,9)3(6)4(7)8/h4H,1-3,6-7H2,(H,8,9);3,9H,6H2,1-2H3,(H,7,8)/t;3-/m.0/s1. The summed E-state index contributed by atoms with van der Waals surface area (Å²) >= 11 is 3.98. The van der Waals surface area contributed by atoms with Crippen LogP contribution in [0.2, 0.25) is 0 Å². The lowest BCUT2D eigenvalue weighted by molar-refractivity contribution is -0.139. The molecular weight excluding hydrogens is 258 g/mol. The zero-order valence-electron chi connectivity index (χ0n) is 10.7. The molecule has 0 aliphatic rings. The SMILES string of the molecule is CC(C)(S)[C@@H](N)C(=O)O.NCCCC(N)C(=O)O. The van der Waals surface area contributed by atoms with Crippen molar-refractivity contribution in [3.8, 4) is 0 Å². The maximum Gasteiger partial charge on any atom is 0.321 e. The van der Waals surface area contributed by atoms with Crippen molar-refractivity contribution >= 4 is 24.6 Å². The van der Waals surface area contributed by atoms with Crippen molar-refractivity contribution in [2.75, 3.05) is 6.54 Å². The Labute approximate surface area is 112 Å². The van der Waals surface area contributed by atoms with E-state index in [1.807, 2.05) is 0 Å². The number of carboxylic acid groups (broad SMARTS) is 2. The first-order valence-electron chi connectivity index (χ1n) is 5.43. The second-order valence-corrected chi connectivity index (χ2v) is 5.50. The van der Waals surface area contributed by atoms with Crippen LogP contribution in [0.15, 0.2) is 0 Å². The summed E-state index contributed by atoms with van der Waals surface area (Å²) in [5, 5.41) is 16.6. The Morgan fingerprint density at radius 3 is 1.83 bits per heavy atom. The first kappa shape index (κ1) is 19.5. The van der Waals surface area contributed by atoms with Crippen molar-refractivity contribution < 1.29 is 19.8 Å². The van der Waals surface area contributed by atoms with Crippen molar-refractivity contribution in [3.05, 3.63) is 0 Å². The molecule has 18 heavy (non-hydrogen) atoms. The minimum Gasteiger partial charge on any atom is -0.480 e. The average Bonchev–Trinajstić information content (AvgIpc) is 2.23. The predicted molar refractivity (Wildman–Crippen MR) is 72.6 cm³/mol. The molecule has 7 nitrogen and oxygen atoms in total. The van der Waals surface area contributed by atoms with Gasteiger partial charge in [0.05, 0.1) is 0 Å². The normalized spacial score (nSPS) is 14.1. The fourth-order valence-corrected chi connectivity index (χ4v) is 0.874. The monoisotopic (exact) mass is 281 g/mol. The van der Waals surface area contributed by atoms with Gasteiger partial charge in [0.25, 0.3) is 0 Å². The Morgan fingerprint density at radius 1 is 1.22 bits per heavy atom. The number of rotatable bonds is 6. The first-order valence-corrected chi connectivity index (χ1v) is 5.88. The third kappa shape index (κ3) is 10.3. The molecule has 0 fully saturated rings. The van der Waals surface area contributed by atoms with Crippen molar-refractivity contribution in [1.82, 2.24) is 0 Å². The highest BCUT2D eigenvalue weighted by Gasteiger charge is 2.27. The molecule has 8 heteroatoms. The molecule has 0 aromatic heterocycles. The summed E-state index contributed by atoms with van der Waals surface area (Å²) in [4.78, 5) is 20.2. The highest BCUT2D eigenvalue weighted by atomic mass is 32.1. The second-order valence-electron chi connectivity index (χ2n) is 4.35. The van der Waals surface area contributed by atoms with E-state index in [2.05, 4.69) is 12.6 Å². The molecular formula is C10H23N3O4S. The van der Waals surface area contributed by atoms with Crippen LogP contribution in [-0.2, 0) is 9.59 Å². The smallest absolute Gasteiger partial charge is 0.321 e. The van der Waals surface area contributed by atoms with Crippen molar-refractivity contribution in [3.63, 3.8) is 0 Å². The van der Waals surface area contributed by atoms with Crippen molar-refractivity contribution in [2.45, 2.75) is 43.5 Å². The van der Waals surface area contributed by atoms with E-state index in [-0.39, 0.29) is 0 Å². The van der Waals surface area contributed by atoms with E-state index in [9.17, 15) is 9.59 Å². The maximum absolute atomic E-state index is 10.2. The van der Waals surface area contributed by atoms with Gasteiger partial charge < -0.3 is 27.4 Å². The summed E-state index contributed by atoms with van der Waals surface area (Å²) in [5.74, 6) is -1.97. The quantitative estimate of drug-likeness (QED) is 0.350. The van der Waals surface area contributed by atoms with E-state index in [0.29, 0.717) is 19.4 Å². The largest absolute Gasteiger partial charge is 0.480 e. The molecule has 0 saturated heterocycles. The van der Waals surface area contributed by atoms with Crippen LogP contribution in [0, 0.1) is 0 Å². The Hall–Kier alpha value is -0.830. The highest BCUT2D eigenvalue weighted by Crippen LogP contribution is 2.15. The third-order valence-corrected chi connectivity index (χ3v) is 2.34. The molecule has 108 valence electrons. The van der Waals surface area contributed by atoms with Crippen LogP contribution in [0.5, 0.6) is 0 Å². The van der Waals surface area contributed by atoms with E-state index in [1.165, 1.54) is 0 Å². The molecule has 0 heterocycles. The molecule has 1 unspecified atom stereocenters. The van der Waals surface area contributed by atoms with Crippen LogP contribution < -0.4 is 17.2 Å².